The number of halogens is 1. The molecule has 0 saturated carbocycles. The molecule has 1 aromatic rings. The summed E-state index contributed by atoms with van der Waals surface area (Å²) >= 11 is 0. The van der Waals surface area contributed by atoms with Gasteiger partial charge in [-0.1, -0.05) is 39.0 Å². The number of benzene rings is 1. The minimum Gasteiger partial charge on any atom is -0.505 e. The lowest BCUT2D eigenvalue weighted by Gasteiger charge is -2.03. The Morgan fingerprint density at radius 1 is 1.17 bits per heavy atom. The Balaban J connectivity index is 2.30. The van der Waals surface area contributed by atoms with E-state index in [4.69, 9.17) is 5.11 Å². The number of phenolic OH excluding ortho intramolecular Hbond substituents is 1. The first-order chi connectivity index (χ1) is 8.65. The second kappa shape index (κ2) is 7.85. The second-order valence-electron chi connectivity index (χ2n) is 4.61. The summed E-state index contributed by atoms with van der Waals surface area (Å²) in [5, 5.41) is 9.04. The molecule has 1 aromatic carbocycles. The molecule has 3 heteroatoms. The minimum absolute atomic E-state index is 0.0515. The Morgan fingerprint density at radius 3 is 2.50 bits per heavy atom. The van der Waals surface area contributed by atoms with Crippen molar-refractivity contribution in [2.45, 2.75) is 51.9 Å². The number of carbonyl (C=O) groups is 1. The monoisotopic (exact) mass is 252 g/mol. The van der Waals surface area contributed by atoms with Crippen LogP contribution in [0.4, 0.5) is 4.39 Å². The zero-order chi connectivity index (χ0) is 13.4. The average molecular weight is 252 g/mol. The lowest BCUT2D eigenvalue weighted by atomic mass is 10.0. The van der Waals surface area contributed by atoms with Crippen LogP contribution in [0.25, 0.3) is 0 Å². The molecule has 18 heavy (non-hydrogen) atoms. The number of hydrogen-bond donors (Lipinski definition) is 1. The molecule has 0 bridgehead atoms. The molecule has 0 aliphatic carbocycles. The van der Waals surface area contributed by atoms with Crippen LogP contribution in [-0.4, -0.2) is 10.9 Å². The van der Waals surface area contributed by atoms with Crippen molar-refractivity contribution in [1.82, 2.24) is 0 Å². The summed E-state index contributed by atoms with van der Waals surface area (Å²) in [6.07, 6.45) is 7.19. The predicted octanol–water partition coefficient (Wildman–Crippen LogP) is 4.46. The van der Waals surface area contributed by atoms with E-state index >= 15 is 0 Å². The zero-order valence-electron chi connectivity index (χ0n) is 10.9. The van der Waals surface area contributed by atoms with Gasteiger partial charge in [0.05, 0.1) is 0 Å². The summed E-state index contributed by atoms with van der Waals surface area (Å²) in [6.45, 7) is 2.17. The first-order valence-electron chi connectivity index (χ1n) is 6.67. The van der Waals surface area contributed by atoms with Crippen LogP contribution in [-0.2, 0) is 0 Å². The van der Waals surface area contributed by atoms with Crippen LogP contribution in [0.1, 0.15) is 62.2 Å². The molecule has 0 radical (unpaired) electrons. The standard InChI is InChI=1S/C15H21FO2/c1-2-3-4-5-6-7-8-14(17)12-9-10-15(18)13(16)11-12/h9-11,18H,2-8H2,1H3. The Bertz CT molecular complexity index is 388. The second-order valence-corrected chi connectivity index (χ2v) is 4.61. The summed E-state index contributed by atoms with van der Waals surface area (Å²) < 4.78 is 13.1. The van der Waals surface area contributed by atoms with Gasteiger partial charge in [0, 0.05) is 12.0 Å². The van der Waals surface area contributed by atoms with Gasteiger partial charge in [-0.3, -0.25) is 4.79 Å². The smallest absolute Gasteiger partial charge is 0.165 e. The van der Waals surface area contributed by atoms with Crippen LogP contribution in [0, 0.1) is 5.82 Å². The summed E-state index contributed by atoms with van der Waals surface area (Å²) in [5.41, 5.74) is 0.346. The van der Waals surface area contributed by atoms with Gasteiger partial charge in [-0.2, -0.15) is 0 Å². The normalized spacial score (nSPS) is 10.6. The maximum absolute atomic E-state index is 13.1. The highest BCUT2D eigenvalue weighted by Crippen LogP contribution is 2.18. The van der Waals surface area contributed by atoms with Gasteiger partial charge >= 0.3 is 0 Å². The van der Waals surface area contributed by atoms with Gasteiger partial charge in [0.1, 0.15) is 0 Å². The van der Waals surface area contributed by atoms with Crippen molar-refractivity contribution < 1.29 is 14.3 Å². The first-order valence-corrected chi connectivity index (χ1v) is 6.67. The van der Waals surface area contributed by atoms with E-state index in [0.29, 0.717) is 12.0 Å². The van der Waals surface area contributed by atoms with Crippen molar-refractivity contribution in [3.05, 3.63) is 29.6 Å². The Labute approximate surface area is 108 Å². The third kappa shape index (κ3) is 4.86. The molecule has 1 N–H and O–H groups in total. The Kier molecular flexibility index (Phi) is 6.40. The fourth-order valence-electron chi connectivity index (χ4n) is 1.89. The minimum atomic E-state index is -0.733. The number of hydrogen-bond acceptors (Lipinski definition) is 2. The SMILES string of the molecule is CCCCCCCCC(=O)c1ccc(O)c(F)c1. The molecule has 0 saturated heterocycles. The van der Waals surface area contributed by atoms with Crippen LogP contribution >= 0.6 is 0 Å². The summed E-state index contributed by atoms with van der Waals surface area (Å²) in [5.74, 6) is -1.20. The fourth-order valence-corrected chi connectivity index (χ4v) is 1.89. The third-order valence-electron chi connectivity index (χ3n) is 3.03. The van der Waals surface area contributed by atoms with E-state index in [1.54, 1.807) is 0 Å². The highest BCUT2D eigenvalue weighted by atomic mass is 19.1. The summed E-state index contributed by atoms with van der Waals surface area (Å²) in [6, 6.07) is 3.80. The summed E-state index contributed by atoms with van der Waals surface area (Å²) in [7, 11) is 0. The summed E-state index contributed by atoms with van der Waals surface area (Å²) in [4.78, 5) is 11.7. The van der Waals surface area contributed by atoms with E-state index in [2.05, 4.69) is 6.92 Å². The van der Waals surface area contributed by atoms with Gasteiger partial charge < -0.3 is 5.11 Å². The molecule has 0 amide bonds. The zero-order valence-corrected chi connectivity index (χ0v) is 10.9. The van der Waals surface area contributed by atoms with Gasteiger partial charge in [0.2, 0.25) is 0 Å². The lowest BCUT2D eigenvalue weighted by molar-refractivity contribution is 0.0978. The van der Waals surface area contributed by atoms with Gasteiger partial charge in [0.15, 0.2) is 17.3 Å². The van der Waals surface area contributed by atoms with Gasteiger partial charge in [-0.05, 0) is 24.6 Å². The number of unbranched alkanes of at least 4 members (excludes halogenated alkanes) is 5. The van der Waals surface area contributed by atoms with Crippen molar-refractivity contribution in [1.29, 1.82) is 0 Å². The molecule has 1 rings (SSSR count). The van der Waals surface area contributed by atoms with E-state index in [1.165, 1.54) is 31.4 Å². The lowest BCUT2D eigenvalue weighted by Crippen LogP contribution is -1.99. The van der Waals surface area contributed by atoms with E-state index in [-0.39, 0.29) is 5.78 Å². The van der Waals surface area contributed by atoms with Crippen LogP contribution in [0.5, 0.6) is 5.75 Å². The molecule has 0 aliphatic rings. The van der Waals surface area contributed by atoms with Gasteiger partial charge in [-0.25, -0.2) is 4.39 Å². The molecule has 0 atom stereocenters. The molecule has 0 spiro atoms. The topological polar surface area (TPSA) is 37.3 Å². The first kappa shape index (κ1) is 14.7. The molecule has 0 aromatic heterocycles. The number of Topliss-reactive ketones (excluding diaryl/α,β-unsaturated/α-hetero) is 1. The number of aromatic hydroxyl groups is 1. The largest absolute Gasteiger partial charge is 0.505 e. The van der Waals surface area contributed by atoms with Crippen molar-refractivity contribution >= 4 is 5.78 Å². The van der Waals surface area contributed by atoms with Crippen molar-refractivity contribution in [3.8, 4) is 5.75 Å². The van der Waals surface area contributed by atoms with Crippen LogP contribution in [0.15, 0.2) is 18.2 Å². The number of carbonyl (C=O) groups excluding carboxylic acids is 1. The van der Waals surface area contributed by atoms with E-state index in [9.17, 15) is 9.18 Å². The van der Waals surface area contributed by atoms with Crippen LogP contribution < -0.4 is 0 Å². The molecule has 0 unspecified atom stereocenters. The molecule has 0 heterocycles. The van der Waals surface area contributed by atoms with Crippen molar-refractivity contribution in [2.75, 3.05) is 0 Å². The highest BCUT2D eigenvalue weighted by Gasteiger charge is 2.08. The van der Waals surface area contributed by atoms with Crippen molar-refractivity contribution in [2.24, 2.45) is 0 Å². The van der Waals surface area contributed by atoms with E-state index in [0.717, 1.165) is 25.3 Å². The highest BCUT2D eigenvalue weighted by molar-refractivity contribution is 5.96. The maximum Gasteiger partial charge on any atom is 0.165 e. The fraction of sp³-hybridized carbons (Fsp3) is 0.533. The number of phenols is 1. The van der Waals surface area contributed by atoms with Crippen LogP contribution in [0.2, 0.25) is 0 Å². The van der Waals surface area contributed by atoms with E-state index < -0.39 is 11.6 Å². The van der Waals surface area contributed by atoms with Crippen LogP contribution in [0.3, 0.4) is 0 Å². The van der Waals surface area contributed by atoms with E-state index in [1.807, 2.05) is 0 Å². The predicted molar refractivity (Wildman–Crippen MR) is 70.4 cm³/mol. The molecular weight excluding hydrogens is 231 g/mol. The quantitative estimate of drug-likeness (QED) is 0.547. The molecule has 0 aliphatic heterocycles. The van der Waals surface area contributed by atoms with Crippen molar-refractivity contribution in [3.63, 3.8) is 0 Å². The number of ketones is 1. The molecule has 2 nitrogen and oxygen atoms in total. The van der Waals surface area contributed by atoms with Gasteiger partial charge in [-0.15, -0.1) is 0 Å². The van der Waals surface area contributed by atoms with Gasteiger partial charge in [0.25, 0.3) is 0 Å². The Hall–Kier alpha value is -1.38. The maximum atomic E-state index is 13.1. The molecule has 0 fully saturated rings. The Morgan fingerprint density at radius 2 is 1.83 bits per heavy atom. The molecular formula is C15H21FO2. The molecule has 100 valence electrons. The number of rotatable bonds is 8. The average Bonchev–Trinajstić information content (AvgIpc) is 2.36. The third-order valence-corrected chi connectivity index (χ3v) is 3.03.